The number of carbonyl (C=O) groups is 1. The van der Waals surface area contributed by atoms with Gasteiger partial charge in [0.1, 0.15) is 0 Å². The van der Waals surface area contributed by atoms with Gasteiger partial charge in [-0.25, -0.2) is 0 Å². The van der Waals surface area contributed by atoms with Crippen LogP contribution in [0.3, 0.4) is 0 Å². The molecule has 1 aromatic rings. The first-order chi connectivity index (χ1) is 8.65. The van der Waals surface area contributed by atoms with Crippen LogP contribution < -0.4 is 0 Å². The molecule has 1 rings (SSSR count). The second-order valence-electron chi connectivity index (χ2n) is 4.24. The summed E-state index contributed by atoms with van der Waals surface area (Å²) in [6, 6.07) is 9.85. The third-order valence-electron chi connectivity index (χ3n) is 2.42. The lowest BCUT2D eigenvalue weighted by molar-refractivity contribution is -0.149. The van der Waals surface area contributed by atoms with Crippen molar-refractivity contribution in [3.05, 3.63) is 35.9 Å². The molecule has 18 heavy (non-hydrogen) atoms. The van der Waals surface area contributed by atoms with Crippen molar-refractivity contribution in [2.24, 2.45) is 0 Å². The maximum atomic E-state index is 11.9. The molecular weight excluding hydrogens is 224 g/mol. The fourth-order valence-corrected chi connectivity index (χ4v) is 1.71. The summed E-state index contributed by atoms with van der Waals surface area (Å²) in [5.74, 6) is -0.225. The van der Waals surface area contributed by atoms with Gasteiger partial charge in [0.2, 0.25) is 0 Å². The summed E-state index contributed by atoms with van der Waals surface area (Å²) in [5, 5.41) is 0. The largest absolute Gasteiger partial charge is 0.463 e. The lowest BCUT2D eigenvalue weighted by Crippen LogP contribution is -2.19. The summed E-state index contributed by atoms with van der Waals surface area (Å²) in [6.45, 7) is 9.84. The molecule has 0 aliphatic rings. The zero-order chi connectivity index (χ0) is 14.0. The van der Waals surface area contributed by atoms with Gasteiger partial charge in [0, 0.05) is 0 Å². The zero-order valence-corrected chi connectivity index (χ0v) is 12.3. The molecule has 0 radical (unpaired) electrons. The molecule has 2 heteroatoms. The molecule has 102 valence electrons. The summed E-state index contributed by atoms with van der Waals surface area (Å²) in [5.41, 5.74) is 1.05. The van der Waals surface area contributed by atoms with E-state index in [4.69, 9.17) is 4.74 Å². The molecule has 0 fully saturated rings. The van der Waals surface area contributed by atoms with E-state index in [0.29, 0.717) is 0 Å². The number of benzene rings is 1. The molecule has 0 heterocycles. The van der Waals surface area contributed by atoms with Gasteiger partial charge in [0.15, 0.2) is 0 Å². The molecule has 1 aromatic carbocycles. The number of hydrogen-bond acceptors (Lipinski definition) is 2. The first-order valence-corrected chi connectivity index (χ1v) is 6.90. The van der Waals surface area contributed by atoms with Crippen molar-refractivity contribution >= 4 is 5.97 Å². The van der Waals surface area contributed by atoms with Crippen LogP contribution >= 0.6 is 0 Å². The normalized spacial score (nSPS) is 11.4. The van der Waals surface area contributed by atoms with Gasteiger partial charge < -0.3 is 4.74 Å². The molecule has 0 aliphatic carbocycles. The lowest BCUT2D eigenvalue weighted by Gasteiger charge is -2.17. The van der Waals surface area contributed by atoms with E-state index in [-0.39, 0.29) is 18.0 Å². The Balaban J connectivity index is 0.00000137. The van der Waals surface area contributed by atoms with E-state index in [0.717, 1.165) is 18.4 Å². The lowest BCUT2D eigenvalue weighted by atomic mass is 9.95. The second kappa shape index (κ2) is 9.69. The van der Waals surface area contributed by atoms with Crippen LogP contribution in [-0.4, -0.2) is 12.1 Å². The average Bonchev–Trinajstić information content (AvgIpc) is 2.38. The molecular formula is C16H26O2. The Kier molecular flexibility index (Phi) is 8.99. The van der Waals surface area contributed by atoms with Gasteiger partial charge in [-0.1, -0.05) is 57.5 Å². The molecule has 1 atom stereocenters. The first-order valence-electron chi connectivity index (χ1n) is 6.90. The maximum absolute atomic E-state index is 11.9. The molecule has 0 N–H and O–H groups in total. The highest BCUT2D eigenvalue weighted by atomic mass is 16.5. The fraction of sp³-hybridized carbons (Fsp3) is 0.562. The Morgan fingerprint density at radius 1 is 1.17 bits per heavy atom. The van der Waals surface area contributed by atoms with Crippen LogP contribution in [0.4, 0.5) is 0 Å². The number of ether oxygens (including phenoxy) is 1. The van der Waals surface area contributed by atoms with Crippen molar-refractivity contribution in [1.82, 2.24) is 0 Å². The van der Waals surface area contributed by atoms with Gasteiger partial charge in [-0.3, -0.25) is 4.79 Å². The molecule has 0 bridgehead atoms. The minimum Gasteiger partial charge on any atom is -0.463 e. The fourth-order valence-electron chi connectivity index (χ4n) is 1.71. The van der Waals surface area contributed by atoms with Crippen LogP contribution in [0.15, 0.2) is 30.3 Å². The monoisotopic (exact) mass is 250 g/mol. The smallest absolute Gasteiger partial charge is 0.313 e. The number of hydrogen-bond donors (Lipinski definition) is 0. The number of rotatable bonds is 5. The predicted molar refractivity (Wildman–Crippen MR) is 76.7 cm³/mol. The highest BCUT2D eigenvalue weighted by Gasteiger charge is 2.21. The van der Waals surface area contributed by atoms with Crippen LogP contribution in [0, 0.1) is 0 Å². The van der Waals surface area contributed by atoms with E-state index in [9.17, 15) is 4.79 Å². The van der Waals surface area contributed by atoms with E-state index in [2.05, 4.69) is 6.92 Å². The topological polar surface area (TPSA) is 26.3 Å². The molecule has 0 aromatic heterocycles. The van der Waals surface area contributed by atoms with E-state index in [1.54, 1.807) is 0 Å². The summed E-state index contributed by atoms with van der Waals surface area (Å²) >= 11 is 0. The van der Waals surface area contributed by atoms with Crippen molar-refractivity contribution in [3.8, 4) is 0 Å². The first kappa shape index (κ1) is 16.7. The van der Waals surface area contributed by atoms with Crippen LogP contribution in [0.25, 0.3) is 0 Å². The zero-order valence-electron chi connectivity index (χ0n) is 12.3. The third-order valence-corrected chi connectivity index (χ3v) is 2.42. The minimum atomic E-state index is -0.117. The standard InChI is InChI=1S/C14H20O2.C2H6/c1-4-8-13(14(15)16-11(2)3)12-9-6-5-7-10-12;1-2/h5-7,9-11,13H,4,8H2,1-3H3;1-2H3. The van der Waals surface area contributed by atoms with Crippen molar-refractivity contribution in [2.45, 2.75) is 59.5 Å². The third kappa shape index (κ3) is 5.85. The predicted octanol–water partition coefficient (Wildman–Crippen LogP) is 4.55. The summed E-state index contributed by atoms with van der Waals surface area (Å²) < 4.78 is 5.28. The number of carbonyl (C=O) groups excluding carboxylic acids is 1. The molecule has 0 saturated heterocycles. The Morgan fingerprint density at radius 3 is 2.17 bits per heavy atom. The van der Waals surface area contributed by atoms with Gasteiger partial charge in [-0.15, -0.1) is 0 Å². The van der Waals surface area contributed by atoms with Crippen LogP contribution in [0.1, 0.15) is 58.9 Å². The van der Waals surface area contributed by atoms with Gasteiger partial charge >= 0.3 is 5.97 Å². The van der Waals surface area contributed by atoms with Gasteiger partial charge in [0.05, 0.1) is 12.0 Å². The van der Waals surface area contributed by atoms with Crippen LogP contribution in [0.2, 0.25) is 0 Å². The van der Waals surface area contributed by atoms with Crippen molar-refractivity contribution in [2.75, 3.05) is 0 Å². The van der Waals surface area contributed by atoms with Gasteiger partial charge in [-0.05, 0) is 25.8 Å². The van der Waals surface area contributed by atoms with Crippen LogP contribution in [-0.2, 0) is 9.53 Å². The minimum absolute atomic E-state index is 0.0458. The Bertz CT molecular complexity index is 317. The van der Waals surface area contributed by atoms with Crippen molar-refractivity contribution in [3.63, 3.8) is 0 Å². The molecule has 1 unspecified atom stereocenters. The summed E-state index contributed by atoms with van der Waals surface area (Å²) in [7, 11) is 0. The van der Waals surface area contributed by atoms with Crippen molar-refractivity contribution in [1.29, 1.82) is 0 Å². The highest BCUT2D eigenvalue weighted by molar-refractivity contribution is 5.78. The molecule has 0 spiro atoms. The van der Waals surface area contributed by atoms with Crippen molar-refractivity contribution < 1.29 is 9.53 Å². The van der Waals surface area contributed by atoms with E-state index in [1.807, 2.05) is 58.0 Å². The average molecular weight is 250 g/mol. The van der Waals surface area contributed by atoms with Gasteiger partial charge in [0.25, 0.3) is 0 Å². The summed E-state index contributed by atoms with van der Waals surface area (Å²) in [4.78, 5) is 11.9. The molecule has 0 amide bonds. The molecule has 2 nitrogen and oxygen atoms in total. The Hall–Kier alpha value is -1.31. The van der Waals surface area contributed by atoms with E-state index in [1.165, 1.54) is 0 Å². The van der Waals surface area contributed by atoms with Crippen LogP contribution in [0.5, 0.6) is 0 Å². The van der Waals surface area contributed by atoms with Gasteiger partial charge in [-0.2, -0.15) is 0 Å². The Morgan fingerprint density at radius 2 is 1.72 bits per heavy atom. The van der Waals surface area contributed by atoms with E-state index >= 15 is 0 Å². The maximum Gasteiger partial charge on any atom is 0.313 e. The van der Waals surface area contributed by atoms with E-state index < -0.39 is 0 Å². The second-order valence-corrected chi connectivity index (χ2v) is 4.24. The quantitative estimate of drug-likeness (QED) is 0.717. The SMILES string of the molecule is CC.CCCC(C(=O)OC(C)C)c1ccccc1. The molecule has 0 aliphatic heterocycles. The number of esters is 1. The molecule has 0 saturated carbocycles. The Labute approximate surface area is 111 Å². The highest BCUT2D eigenvalue weighted by Crippen LogP contribution is 2.23. The summed E-state index contributed by atoms with van der Waals surface area (Å²) in [6.07, 6.45) is 1.78.